The molecule has 1 aliphatic heterocycles. The maximum absolute atomic E-state index is 11.2. The monoisotopic (exact) mass is 268 g/mol. The Morgan fingerprint density at radius 1 is 1.44 bits per heavy atom. The summed E-state index contributed by atoms with van der Waals surface area (Å²) in [7, 11) is 0. The second-order valence-corrected chi connectivity index (χ2v) is 5.22. The second-order valence-electron chi connectivity index (χ2n) is 4.83. The SMILES string of the molecule is CC1CCCN(c2nc(Cl)ccc2C(=O)O)CC1. The minimum absolute atomic E-state index is 0.231. The number of hydrogen-bond acceptors (Lipinski definition) is 3. The Morgan fingerprint density at radius 3 is 2.94 bits per heavy atom. The van der Waals surface area contributed by atoms with E-state index in [-0.39, 0.29) is 5.56 Å². The molecule has 0 aromatic carbocycles. The minimum atomic E-state index is -0.952. The van der Waals surface area contributed by atoms with Crippen LogP contribution in [0.1, 0.15) is 36.5 Å². The maximum atomic E-state index is 11.2. The molecule has 98 valence electrons. The zero-order valence-corrected chi connectivity index (χ0v) is 11.2. The highest BCUT2D eigenvalue weighted by Gasteiger charge is 2.21. The first kappa shape index (κ1) is 13.1. The number of carboxylic acids is 1. The summed E-state index contributed by atoms with van der Waals surface area (Å²) < 4.78 is 0. The molecule has 1 N–H and O–H groups in total. The molecule has 18 heavy (non-hydrogen) atoms. The lowest BCUT2D eigenvalue weighted by Crippen LogP contribution is -2.27. The van der Waals surface area contributed by atoms with Crippen molar-refractivity contribution in [2.75, 3.05) is 18.0 Å². The molecule has 2 rings (SSSR count). The third kappa shape index (κ3) is 2.93. The third-order valence-corrected chi connectivity index (χ3v) is 3.60. The highest BCUT2D eigenvalue weighted by molar-refractivity contribution is 6.29. The van der Waals surface area contributed by atoms with Crippen LogP contribution in [0.3, 0.4) is 0 Å². The number of anilines is 1. The van der Waals surface area contributed by atoms with Crippen LogP contribution in [0.25, 0.3) is 0 Å². The number of hydrogen-bond donors (Lipinski definition) is 1. The number of aromatic carboxylic acids is 1. The van der Waals surface area contributed by atoms with E-state index in [1.165, 1.54) is 18.6 Å². The number of carbonyl (C=O) groups is 1. The highest BCUT2D eigenvalue weighted by Crippen LogP contribution is 2.25. The summed E-state index contributed by atoms with van der Waals surface area (Å²) >= 11 is 5.88. The van der Waals surface area contributed by atoms with E-state index in [1.54, 1.807) is 0 Å². The molecule has 1 unspecified atom stereocenters. The van der Waals surface area contributed by atoms with Crippen LogP contribution in [-0.4, -0.2) is 29.1 Å². The molecule has 1 aliphatic rings. The summed E-state index contributed by atoms with van der Waals surface area (Å²) in [5, 5.41) is 9.54. The van der Waals surface area contributed by atoms with Gasteiger partial charge in [-0.1, -0.05) is 18.5 Å². The van der Waals surface area contributed by atoms with Crippen LogP contribution >= 0.6 is 11.6 Å². The largest absolute Gasteiger partial charge is 0.478 e. The summed E-state index contributed by atoms with van der Waals surface area (Å²) in [4.78, 5) is 17.5. The fraction of sp³-hybridized carbons (Fsp3) is 0.538. The van der Waals surface area contributed by atoms with E-state index >= 15 is 0 Å². The number of nitrogens with zero attached hydrogens (tertiary/aromatic N) is 2. The van der Waals surface area contributed by atoms with E-state index in [0.29, 0.717) is 16.9 Å². The van der Waals surface area contributed by atoms with Gasteiger partial charge in [0.2, 0.25) is 0 Å². The molecule has 0 bridgehead atoms. The van der Waals surface area contributed by atoms with Gasteiger partial charge in [0, 0.05) is 13.1 Å². The summed E-state index contributed by atoms with van der Waals surface area (Å²) in [5.74, 6) is 0.234. The van der Waals surface area contributed by atoms with Crippen LogP contribution in [-0.2, 0) is 0 Å². The number of halogens is 1. The zero-order valence-electron chi connectivity index (χ0n) is 10.4. The topological polar surface area (TPSA) is 53.4 Å². The molecule has 0 aliphatic carbocycles. The van der Waals surface area contributed by atoms with Crippen molar-refractivity contribution in [2.45, 2.75) is 26.2 Å². The van der Waals surface area contributed by atoms with Gasteiger partial charge in [-0.3, -0.25) is 0 Å². The molecule has 0 spiro atoms. The Hall–Kier alpha value is -1.29. The molecule has 4 nitrogen and oxygen atoms in total. The van der Waals surface area contributed by atoms with Crippen LogP contribution in [0, 0.1) is 5.92 Å². The third-order valence-electron chi connectivity index (χ3n) is 3.39. The smallest absolute Gasteiger partial charge is 0.339 e. The first-order valence-corrected chi connectivity index (χ1v) is 6.60. The molecule has 1 atom stereocenters. The normalized spacial score (nSPS) is 20.6. The van der Waals surface area contributed by atoms with Crippen molar-refractivity contribution in [1.82, 2.24) is 4.98 Å². The van der Waals surface area contributed by atoms with Crippen molar-refractivity contribution in [3.05, 3.63) is 22.8 Å². The van der Waals surface area contributed by atoms with Crippen molar-refractivity contribution in [3.63, 3.8) is 0 Å². The van der Waals surface area contributed by atoms with Gasteiger partial charge >= 0.3 is 5.97 Å². The van der Waals surface area contributed by atoms with Gasteiger partial charge in [0.1, 0.15) is 16.5 Å². The van der Waals surface area contributed by atoms with Crippen molar-refractivity contribution in [2.24, 2.45) is 5.92 Å². The summed E-state index contributed by atoms with van der Waals surface area (Å²) in [6.07, 6.45) is 3.31. The molecule has 1 fully saturated rings. The quantitative estimate of drug-likeness (QED) is 0.838. The Kier molecular flexibility index (Phi) is 4.07. The zero-order chi connectivity index (χ0) is 13.1. The van der Waals surface area contributed by atoms with Gasteiger partial charge in [-0.25, -0.2) is 9.78 Å². The standard InChI is InChI=1S/C13H17ClN2O2/c1-9-3-2-7-16(8-6-9)12-10(13(17)18)4-5-11(14)15-12/h4-5,9H,2-3,6-8H2,1H3,(H,17,18). The summed E-state index contributed by atoms with van der Waals surface area (Å²) in [6.45, 7) is 3.92. The van der Waals surface area contributed by atoms with Crippen molar-refractivity contribution in [1.29, 1.82) is 0 Å². The van der Waals surface area contributed by atoms with Crippen LogP contribution in [0.15, 0.2) is 12.1 Å². The van der Waals surface area contributed by atoms with E-state index in [1.807, 2.05) is 4.90 Å². The first-order valence-electron chi connectivity index (χ1n) is 6.22. The highest BCUT2D eigenvalue weighted by atomic mass is 35.5. The van der Waals surface area contributed by atoms with Gasteiger partial charge in [-0.2, -0.15) is 0 Å². The molecule has 0 radical (unpaired) electrons. The number of aromatic nitrogens is 1. The molecule has 0 saturated carbocycles. The fourth-order valence-corrected chi connectivity index (χ4v) is 2.45. The maximum Gasteiger partial charge on any atom is 0.339 e. The first-order chi connectivity index (χ1) is 8.58. The van der Waals surface area contributed by atoms with Crippen molar-refractivity contribution in [3.8, 4) is 0 Å². The van der Waals surface area contributed by atoms with E-state index < -0.39 is 5.97 Å². The van der Waals surface area contributed by atoms with Gasteiger partial charge in [0.25, 0.3) is 0 Å². The molecule has 1 saturated heterocycles. The molecular weight excluding hydrogens is 252 g/mol. The van der Waals surface area contributed by atoms with E-state index in [2.05, 4.69) is 11.9 Å². The molecular formula is C13H17ClN2O2. The number of pyridine rings is 1. The predicted molar refractivity (Wildman–Crippen MR) is 71.4 cm³/mol. The fourth-order valence-electron chi connectivity index (χ4n) is 2.31. The van der Waals surface area contributed by atoms with Crippen LogP contribution < -0.4 is 4.90 Å². The van der Waals surface area contributed by atoms with E-state index in [0.717, 1.165) is 25.9 Å². The summed E-state index contributed by atoms with van der Waals surface area (Å²) in [6, 6.07) is 3.05. The Morgan fingerprint density at radius 2 is 2.22 bits per heavy atom. The van der Waals surface area contributed by atoms with Crippen LogP contribution in [0.5, 0.6) is 0 Å². The average molecular weight is 269 g/mol. The van der Waals surface area contributed by atoms with Gasteiger partial charge in [-0.05, 0) is 37.3 Å². The molecule has 1 aromatic heterocycles. The lowest BCUT2D eigenvalue weighted by Gasteiger charge is -2.23. The predicted octanol–water partition coefficient (Wildman–Crippen LogP) is 3.06. The van der Waals surface area contributed by atoms with Gasteiger partial charge in [0.15, 0.2) is 0 Å². The number of carboxylic acid groups (broad SMARTS) is 1. The van der Waals surface area contributed by atoms with Gasteiger partial charge < -0.3 is 10.0 Å². The molecule has 5 heteroatoms. The Labute approximate surface area is 112 Å². The van der Waals surface area contributed by atoms with Crippen LogP contribution in [0.2, 0.25) is 5.15 Å². The van der Waals surface area contributed by atoms with Crippen LogP contribution in [0.4, 0.5) is 5.82 Å². The lowest BCUT2D eigenvalue weighted by molar-refractivity contribution is 0.0697. The van der Waals surface area contributed by atoms with Crippen molar-refractivity contribution >= 4 is 23.4 Å². The molecule has 2 heterocycles. The number of rotatable bonds is 2. The van der Waals surface area contributed by atoms with Gasteiger partial charge in [-0.15, -0.1) is 0 Å². The lowest BCUT2D eigenvalue weighted by atomic mass is 10.0. The van der Waals surface area contributed by atoms with Crippen molar-refractivity contribution < 1.29 is 9.90 Å². The van der Waals surface area contributed by atoms with E-state index in [9.17, 15) is 9.90 Å². The van der Waals surface area contributed by atoms with E-state index in [4.69, 9.17) is 11.6 Å². The Balaban J connectivity index is 2.30. The van der Waals surface area contributed by atoms with Gasteiger partial charge in [0.05, 0.1) is 0 Å². The molecule has 1 aromatic rings. The molecule has 0 amide bonds. The average Bonchev–Trinajstić information content (AvgIpc) is 2.53. The second kappa shape index (κ2) is 5.57. The Bertz CT molecular complexity index is 451. The minimum Gasteiger partial charge on any atom is -0.478 e. The summed E-state index contributed by atoms with van der Waals surface area (Å²) in [5.41, 5.74) is 0.231.